The number of alkyl halides is 3. The van der Waals surface area contributed by atoms with Crippen molar-refractivity contribution in [2.45, 2.75) is 12.6 Å². The summed E-state index contributed by atoms with van der Waals surface area (Å²) in [5, 5.41) is 2.55. The molecule has 0 aliphatic rings. The molecule has 0 aliphatic carbocycles. The molecule has 0 aromatic heterocycles. The van der Waals surface area contributed by atoms with E-state index in [1.54, 1.807) is 0 Å². The number of halogens is 3. The lowest BCUT2D eigenvalue weighted by Gasteiger charge is -1.99. The molecule has 0 fully saturated rings. The monoisotopic (exact) mass is 126 g/mol. The Hall–Kier alpha value is -0.610. The smallest absolute Gasteiger partial charge is 0.210 e. The molecule has 48 valence electrons. The fraction of sp³-hybridized carbons (Fsp3) is 1.00. The molecule has 0 unspecified atom stereocenters. The first kappa shape index (κ1) is 7.39. The van der Waals surface area contributed by atoms with Crippen molar-refractivity contribution >= 4 is 0 Å². The van der Waals surface area contributed by atoms with Crippen molar-refractivity contribution in [1.29, 1.82) is 5.53 Å². The van der Waals surface area contributed by atoms with Crippen LogP contribution in [0.5, 0.6) is 0 Å². The Morgan fingerprint density at radius 3 is 2.00 bits per heavy atom. The van der Waals surface area contributed by atoms with E-state index in [2.05, 4.69) is 5.11 Å². The first-order valence-corrected chi connectivity index (χ1v) is 1.96. The van der Waals surface area contributed by atoms with Crippen molar-refractivity contribution in [3.05, 3.63) is 0 Å². The molecule has 0 aromatic rings. The summed E-state index contributed by atoms with van der Waals surface area (Å²) >= 11 is 0. The van der Waals surface area contributed by atoms with Crippen LogP contribution in [0.2, 0.25) is 0 Å². The van der Waals surface area contributed by atoms with Gasteiger partial charge in [-0.25, -0.2) is 5.53 Å². The summed E-state index contributed by atoms with van der Waals surface area (Å²) in [5.74, 6) is 0. The van der Waals surface area contributed by atoms with Gasteiger partial charge in [0, 0.05) is 0 Å². The van der Waals surface area contributed by atoms with Crippen LogP contribution in [0.1, 0.15) is 6.42 Å². The van der Waals surface area contributed by atoms with Crippen LogP contribution in [-0.4, -0.2) is 12.7 Å². The van der Waals surface area contributed by atoms with Gasteiger partial charge in [0.1, 0.15) is 0 Å². The van der Waals surface area contributed by atoms with Crippen LogP contribution in [0.4, 0.5) is 13.2 Å². The van der Waals surface area contributed by atoms with Crippen LogP contribution in [0.25, 0.3) is 0 Å². The van der Waals surface area contributed by atoms with E-state index in [1.165, 1.54) is 0 Å². The van der Waals surface area contributed by atoms with Gasteiger partial charge in [-0.3, -0.25) is 0 Å². The maximum atomic E-state index is 11.1. The Balaban J connectivity index is 3.24. The molecule has 0 aliphatic heterocycles. The maximum Gasteiger partial charge on any atom is 0.390 e. The minimum atomic E-state index is -4.16. The molecular formula is C3H5F3N2. The number of rotatable bonds is 2. The summed E-state index contributed by atoms with van der Waals surface area (Å²) in [6, 6.07) is 0. The number of nitrogens with one attached hydrogen (secondary N) is 1. The molecule has 1 N–H and O–H groups in total. The average molecular weight is 126 g/mol. The third kappa shape index (κ3) is 5.39. The van der Waals surface area contributed by atoms with E-state index in [9.17, 15) is 13.2 Å². The van der Waals surface area contributed by atoms with Crippen molar-refractivity contribution in [2.75, 3.05) is 6.54 Å². The molecule has 0 heterocycles. The lowest BCUT2D eigenvalue weighted by molar-refractivity contribution is -0.132. The maximum absolute atomic E-state index is 11.1. The predicted octanol–water partition coefficient (Wildman–Crippen LogP) is 1.97. The summed E-state index contributed by atoms with van der Waals surface area (Å²) in [7, 11) is 0. The van der Waals surface area contributed by atoms with E-state index in [4.69, 9.17) is 5.53 Å². The van der Waals surface area contributed by atoms with E-state index < -0.39 is 19.1 Å². The largest absolute Gasteiger partial charge is 0.390 e. The second kappa shape index (κ2) is 2.64. The molecule has 0 rings (SSSR count). The molecule has 0 saturated carbocycles. The first-order chi connectivity index (χ1) is 3.56. The summed E-state index contributed by atoms with van der Waals surface area (Å²) in [5.41, 5.74) is 6.01. The molecule has 0 saturated heterocycles. The molecule has 0 spiro atoms. The summed E-state index contributed by atoms with van der Waals surface area (Å²) in [6.45, 7) is -0.455. The van der Waals surface area contributed by atoms with Crippen LogP contribution in [0.3, 0.4) is 0 Å². The van der Waals surface area contributed by atoms with Gasteiger partial charge >= 0.3 is 6.18 Å². The Kier molecular flexibility index (Phi) is 2.44. The second-order valence-electron chi connectivity index (χ2n) is 1.25. The van der Waals surface area contributed by atoms with Gasteiger partial charge in [0.25, 0.3) is 0 Å². The highest BCUT2D eigenvalue weighted by Crippen LogP contribution is 2.18. The molecule has 0 atom stereocenters. The number of nitrogens with zero attached hydrogens (tertiary/aromatic N) is 1. The molecule has 8 heavy (non-hydrogen) atoms. The van der Waals surface area contributed by atoms with Crippen LogP contribution in [0.15, 0.2) is 5.11 Å². The van der Waals surface area contributed by atoms with E-state index in [0.717, 1.165) is 0 Å². The zero-order valence-electron chi connectivity index (χ0n) is 4.00. The second-order valence-corrected chi connectivity index (χ2v) is 1.25. The minimum absolute atomic E-state index is 0.455. The number of hydrogen-bond acceptors (Lipinski definition) is 2. The highest BCUT2D eigenvalue weighted by molar-refractivity contribution is 4.49. The molecule has 0 radical (unpaired) electrons. The van der Waals surface area contributed by atoms with Gasteiger partial charge in [0.15, 0.2) is 0 Å². The fourth-order valence-electron chi connectivity index (χ4n) is 0.183. The van der Waals surface area contributed by atoms with Gasteiger partial charge in [-0.05, 0) is 0 Å². The van der Waals surface area contributed by atoms with Gasteiger partial charge in [0.05, 0.1) is 13.0 Å². The molecule has 5 heteroatoms. The Morgan fingerprint density at radius 1 is 1.38 bits per heavy atom. The van der Waals surface area contributed by atoms with Crippen molar-refractivity contribution < 1.29 is 13.2 Å². The van der Waals surface area contributed by atoms with E-state index >= 15 is 0 Å². The van der Waals surface area contributed by atoms with Gasteiger partial charge in [-0.1, -0.05) is 0 Å². The van der Waals surface area contributed by atoms with Crippen molar-refractivity contribution in [1.82, 2.24) is 0 Å². The zero-order valence-corrected chi connectivity index (χ0v) is 4.00. The Labute approximate surface area is 44.2 Å². The SMILES string of the molecule is N=NCCC(F)(F)F. The Morgan fingerprint density at radius 2 is 1.88 bits per heavy atom. The molecular weight excluding hydrogens is 121 g/mol. The lowest BCUT2D eigenvalue weighted by Crippen LogP contribution is -2.07. The third-order valence-corrected chi connectivity index (χ3v) is 0.507. The average Bonchev–Trinajstić information content (AvgIpc) is 1.59. The highest BCUT2D eigenvalue weighted by Gasteiger charge is 2.25. The molecule has 0 amide bonds. The topological polar surface area (TPSA) is 36.2 Å². The van der Waals surface area contributed by atoms with Gasteiger partial charge < -0.3 is 0 Å². The van der Waals surface area contributed by atoms with E-state index in [1.807, 2.05) is 0 Å². The van der Waals surface area contributed by atoms with Crippen LogP contribution in [0, 0.1) is 5.53 Å². The predicted molar refractivity (Wildman–Crippen MR) is 20.7 cm³/mol. The fourth-order valence-corrected chi connectivity index (χ4v) is 0.183. The van der Waals surface area contributed by atoms with Gasteiger partial charge in [0.2, 0.25) is 0 Å². The van der Waals surface area contributed by atoms with Crippen molar-refractivity contribution in [2.24, 2.45) is 5.11 Å². The molecule has 2 nitrogen and oxygen atoms in total. The zero-order chi connectivity index (χ0) is 6.62. The normalized spacial score (nSPS) is 11.4. The quantitative estimate of drug-likeness (QED) is 0.549. The minimum Gasteiger partial charge on any atom is -0.210 e. The summed E-state index contributed by atoms with van der Waals surface area (Å²) < 4.78 is 33.3. The van der Waals surface area contributed by atoms with Crippen molar-refractivity contribution in [3.8, 4) is 0 Å². The third-order valence-electron chi connectivity index (χ3n) is 0.507. The van der Waals surface area contributed by atoms with Gasteiger partial charge in [-0.15, -0.1) is 0 Å². The molecule has 0 aromatic carbocycles. The van der Waals surface area contributed by atoms with Crippen LogP contribution < -0.4 is 0 Å². The number of hydrogen-bond donors (Lipinski definition) is 1. The first-order valence-electron chi connectivity index (χ1n) is 1.96. The Bertz CT molecular complexity index is 77.1. The summed E-state index contributed by atoms with van der Waals surface area (Å²) in [6.07, 6.45) is -5.15. The lowest BCUT2D eigenvalue weighted by atomic mass is 10.4. The molecule has 0 bridgehead atoms. The highest BCUT2D eigenvalue weighted by atomic mass is 19.4. The van der Waals surface area contributed by atoms with E-state index in [-0.39, 0.29) is 0 Å². The van der Waals surface area contributed by atoms with Crippen LogP contribution >= 0.6 is 0 Å². The summed E-state index contributed by atoms with van der Waals surface area (Å²) in [4.78, 5) is 0. The van der Waals surface area contributed by atoms with Gasteiger partial charge in [-0.2, -0.15) is 18.3 Å². The van der Waals surface area contributed by atoms with E-state index in [0.29, 0.717) is 0 Å². The van der Waals surface area contributed by atoms with Crippen molar-refractivity contribution in [3.63, 3.8) is 0 Å². The van der Waals surface area contributed by atoms with Crippen LogP contribution in [-0.2, 0) is 0 Å². The standard InChI is InChI=1S/C3H5F3N2/c4-3(5,6)1-2-8-7/h7H,1-2H2.